The number of non-ortho nitro benzene ring substituents is 1. The fraction of sp³-hybridized carbons (Fsp3) is 0.200. The fourth-order valence-corrected chi connectivity index (χ4v) is 4.66. The summed E-state index contributed by atoms with van der Waals surface area (Å²) in [7, 11) is 3.84. The number of anilines is 3. The first-order valence-corrected chi connectivity index (χ1v) is 11.2. The molecule has 10 heteroatoms. The molecule has 0 N–H and O–H groups in total. The van der Waals surface area contributed by atoms with Crippen LogP contribution >= 0.6 is 11.6 Å². The van der Waals surface area contributed by atoms with Crippen molar-refractivity contribution in [1.29, 1.82) is 0 Å². The fourth-order valence-electron chi connectivity index (χ4n) is 4.54. The minimum Gasteiger partial charge on any atom is -0.378 e. The van der Waals surface area contributed by atoms with Gasteiger partial charge in [-0.25, -0.2) is 9.96 Å². The summed E-state index contributed by atoms with van der Waals surface area (Å²) in [6.45, 7) is 0. The minimum atomic E-state index is -1.07. The Morgan fingerprint density at radius 3 is 2.26 bits per heavy atom. The number of hydroxylamine groups is 1. The van der Waals surface area contributed by atoms with Crippen LogP contribution in [0.25, 0.3) is 0 Å². The topological polar surface area (TPSA) is 96.2 Å². The van der Waals surface area contributed by atoms with Crippen molar-refractivity contribution < 1.29 is 19.3 Å². The van der Waals surface area contributed by atoms with Crippen molar-refractivity contribution in [3.8, 4) is 0 Å². The first-order chi connectivity index (χ1) is 16.8. The number of nitro groups is 1. The predicted molar refractivity (Wildman–Crippen MR) is 131 cm³/mol. The summed E-state index contributed by atoms with van der Waals surface area (Å²) in [6, 6.07) is 19.3. The highest BCUT2D eigenvalue weighted by atomic mass is 35.5. The van der Waals surface area contributed by atoms with Crippen LogP contribution in [-0.2, 0) is 14.4 Å². The Balaban J connectivity index is 1.58. The Kier molecular flexibility index (Phi) is 5.66. The van der Waals surface area contributed by atoms with E-state index in [1.165, 1.54) is 17.2 Å². The van der Waals surface area contributed by atoms with Gasteiger partial charge in [0.25, 0.3) is 11.6 Å². The Labute approximate surface area is 206 Å². The molecule has 2 fully saturated rings. The Morgan fingerprint density at radius 2 is 1.63 bits per heavy atom. The zero-order valence-corrected chi connectivity index (χ0v) is 19.6. The van der Waals surface area contributed by atoms with Gasteiger partial charge in [0.1, 0.15) is 5.92 Å². The average molecular weight is 493 g/mol. The molecular weight excluding hydrogens is 472 g/mol. The molecule has 0 unspecified atom stereocenters. The number of carbonyl (C=O) groups is 2. The van der Waals surface area contributed by atoms with Crippen LogP contribution in [0.5, 0.6) is 0 Å². The summed E-state index contributed by atoms with van der Waals surface area (Å²) in [4.78, 5) is 47.0. The van der Waals surface area contributed by atoms with E-state index < -0.39 is 34.8 Å². The van der Waals surface area contributed by atoms with Crippen LogP contribution in [-0.4, -0.2) is 36.9 Å². The van der Waals surface area contributed by atoms with E-state index in [0.717, 1.165) is 16.2 Å². The molecule has 35 heavy (non-hydrogen) atoms. The van der Waals surface area contributed by atoms with Crippen LogP contribution < -0.4 is 14.9 Å². The third-order valence-corrected chi connectivity index (χ3v) is 6.50. The molecule has 2 saturated heterocycles. The van der Waals surface area contributed by atoms with Crippen LogP contribution in [0.2, 0.25) is 5.02 Å². The van der Waals surface area contributed by atoms with Crippen molar-refractivity contribution >= 4 is 46.2 Å². The number of imide groups is 1. The van der Waals surface area contributed by atoms with Crippen molar-refractivity contribution in [3.63, 3.8) is 0 Å². The number of fused-ring (bicyclic) bond motifs is 1. The van der Waals surface area contributed by atoms with Crippen molar-refractivity contribution in [3.05, 3.63) is 93.5 Å². The molecule has 0 aromatic heterocycles. The monoisotopic (exact) mass is 492 g/mol. The number of hydrogen-bond acceptors (Lipinski definition) is 7. The van der Waals surface area contributed by atoms with E-state index in [-0.39, 0.29) is 5.69 Å². The third-order valence-electron chi connectivity index (χ3n) is 6.25. The van der Waals surface area contributed by atoms with Crippen molar-refractivity contribution in [2.75, 3.05) is 29.0 Å². The van der Waals surface area contributed by atoms with Gasteiger partial charge < -0.3 is 4.90 Å². The molecule has 3 aromatic carbocycles. The van der Waals surface area contributed by atoms with Crippen LogP contribution in [0.4, 0.5) is 22.7 Å². The second-order valence-corrected chi connectivity index (χ2v) is 9.01. The number of rotatable bonds is 5. The molecular formula is C25H21ClN4O5. The number of nitrogens with zero attached hydrogens (tertiary/aromatic N) is 4. The smallest absolute Gasteiger partial charge is 0.271 e. The van der Waals surface area contributed by atoms with E-state index in [1.807, 2.05) is 43.3 Å². The van der Waals surface area contributed by atoms with Crippen LogP contribution in [0.3, 0.4) is 0 Å². The maximum atomic E-state index is 13.6. The van der Waals surface area contributed by atoms with E-state index >= 15 is 0 Å². The molecule has 2 aliphatic heterocycles. The third kappa shape index (κ3) is 3.88. The van der Waals surface area contributed by atoms with Crippen LogP contribution in [0.1, 0.15) is 11.6 Å². The summed E-state index contributed by atoms with van der Waals surface area (Å²) in [6.07, 6.45) is -1.07. The van der Waals surface area contributed by atoms with Gasteiger partial charge in [0.15, 0.2) is 6.10 Å². The molecule has 178 valence electrons. The molecule has 0 saturated carbocycles. The maximum absolute atomic E-state index is 13.6. The van der Waals surface area contributed by atoms with Crippen LogP contribution in [0, 0.1) is 16.0 Å². The number of nitro benzene ring substituents is 1. The quantitative estimate of drug-likeness (QED) is 0.296. The van der Waals surface area contributed by atoms with Crippen molar-refractivity contribution in [1.82, 2.24) is 0 Å². The number of amides is 2. The summed E-state index contributed by atoms with van der Waals surface area (Å²) in [5, 5.41) is 13.3. The lowest BCUT2D eigenvalue weighted by Crippen LogP contribution is -2.37. The molecule has 0 spiro atoms. The SMILES string of the molecule is CN(C)c1ccc([C@H]2[C@@H]3C(=O)N(c4ccc(Cl)cc4)C(=O)[C@@H]3ON2c2cccc([N+](=O)[O-])c2)cc1. The summed E-state index contributed by atoms with van der Waals surface area (Å²) in [5.74, 6) is -1.75. The first-order valence-electron chi connectivity index (χ1n) is 10.9. The molecule has 2 amide bonds. The molecule has 0 radical (unpaired) electrons. The summed E-state index contributed by atoms with van der Waals surface area (Å²) >= 11 is 5.98. The maximum Gasteiger partial charge on any atom is 0.271 e. The number of hydrogen-bond donors (Lipinski definition) is 0. The molecule has 0 bridgehead atoms. The second kappa shape index (κ2) is 8.68. The van der Waals surface area contributed by atoms with E-state index in [0.29, 0.717) is 16.4 Å². The van der Waals surface area contributed by atoms with Gasteiger partial charge in [-0.15, -0.1) is 0 Å². The van der Waals surface area contributed by atoms with Gasteiger partial charge in [-0.05, 0) is 48.0 Å². The summed E-state index contributed by atoms with van der Waals surface area (Å²) in [5.41, 5.74) is 2.38. The molecule has 3 atom stereocenters. The lowest BCUT2D eigenvalue weighted by molar-refractivity contribution is -0.384. The highest BCUT2D eigenvalue weighted by Crippen LogP contribution is 2.48. The van der Waals surface area contributed by atoms with Gasteiger partial charge in [-0.1, -0.05) is 29.8 Å². The predicted octanol–water partition coefficient (Wildman–Crippen LogP) is 4.37. The first kappa shape index (κ1) is 22.8. The second-order valence-electron chi connectivity index (χ2n) is 8.57. The van der Waals surface area contributed by atoms with Gasteiger partial charge in [-0.3, -0.25) is 24.5 Å². The van der Waals surface area contributed by atoms with Gasteiger partial charge in [0.2, 0.25) is 5.91 Å². The highest BCUT2D eigenvalue weighted by molar-refractivity contribution is 6.31. The highest BCUT2D eigenvalue weighted by Gasteiger charge is 2.60. The van der Waals surface area contributed by atoms with Crippen molar-refractivity contribution in [2.24, 2.45) is 5.92 Å². The number of benzene rings is 3. The van der Waals surface area contributed by atoms with E-state index in [2.05, 4.69) is 0 Å². The average Bonchev–Trinajstić information content (AvgIpc) is 3.36. The van der Waals surface area contributed by atoms with E-state index in [4.69, 9.17) is 16.4 Å². The largest absolute Gasteiger partial charge is 0.378 e. The van der Waals surface area contributed by atoms with Crippen molar-refractivity contribution in [2.45, 2.75) is 12.1 Å². The lowest BCUT2D eigenvalue weighted by Gasteiger charge is -2.29. The molecule has 3 aromatic rings. The standard InChI is InChI=1S/C25H21ClN4O5/c1-27(2)17-10-6-15(7-11-17)22-21-23(35-29(22)19-4-3-5-20(14-19)30(33)34)25(32)28(24(21)31)18-12-8-16(26)9-13-18/h3-14,21-23H,1-2H3/t21-,22-,23+/m0/s1. The van der Waals surface area contributed by atoms with Gasteiger partial charge in [-0.2, -0.15) is 0 Å². The van der Waals surface area contributed by atoms with E-state index in [9.17, 15) is 19.7 Å². The number of halogens is 1. The zero-order valence-electron chi connectivity index (χ0n) is 18.9. The normalized spacial score (nSPS) is 21.4. The Bertz CT molecular complexity index is 1310. The lowest BCUT2D eigenvalue weighted by atomic mass is 9.90. The summed E-state index contributed by atoms with van der Waals surface area (Å²) < 4.78 is 0. The molecule has 9 nitrogen and oxygen atoms in total. The minimum absolute atomic E-state index is 0.120. The van der Waals surface area contributed by atoms with Gasteiger partial charge in [0.05, 0.1) is 22.3 Å². The van der Waals surface area contributed by atoms with Gasteiger partial charge in [0, 0.05) is 36.9 Å². The Hall–Kier alpha value is -3.95. The van der Waals surface area contributed by atoms with E-state index in [1.54, 1.807) is 36.4 Å². The zero-order chi connectivity index (χ0) is 24.9. The molecule has 2 aliphatic rings. The Morgan fingerprint density at radius 1 is 0.943 bits per heavy atom. The molecule has 2 heterocycles. The van der Waals surface area contributed by atoms with Crippen LogP contribution in [0.15, 0.2) is 72.8 Å². The molecule has 5 rings (SSSR count). The van der Waals surface area contributed by atoms with Gasteiger partial charge >= 0.3 is 0 Å². The molecule has 0 aliphatic carbocycles. The number of carbonyl (C=O) groups excluding carboxylic acids is 2.